The van der Waals surface area contributed by atoms with Gasteiger partial charge in [-0.3, -0.25) is 9.58 Å². The van der Waals surface area contributed by atoms with E-state index in [0.717, 1.165) is 32.6 Å². The van der Waals surface area contributed by atoms with Crippen molar-refractivity contribution in [1.82, 2.24) is 20.0 Å². The van der Waals surface area contributed by atoms with E-state index in [0.29, 0.717) is 12.1 Å². The van der Waals surface area contributed by atoms with Crippen molar-refractivity contribution in [3.05, 3.63) is 18.0 Å². The Morgan fingerprint density at radius 1 is 1.32 bits per heavy atom. The highest BCUT2D eigenvalue weighted by Gasteiger charge is 2.25. The molecular formula is C15H28N4. The summed E-state index contributed by atoms with van der Waals surface area (Å²) < 4.78 is 2.07. The third kappa shape index (κ3) is 3.80. The average molecular weight is 264 g/mol. The number of hydrogen-bond donors (Lipinski definition) is 1. The van der Waals surface area contributed by atoms with Crippen LogP contribution in [0, 0.1) is 0 Å². The number of rotatable bonds is 6. The molecule has 0 saturated carbocycles. The molecule has 1 aromatic heterocycles. The van der Waals surface area contributed by atoms with Gasteiger partial charge in [-0.05, 0) is 19.3 Å². The van der Waals surface area contributed by atoms with Crippen molar-refractivity contribution in [1.29, 1.82) is 0 Å². The normalized spacial score (nSPS) is 24.8. The standard InChI is InChI=1S/C15H28N4/c1-4-7-19-11-13(8-17-19)10-18-12-14(5-2)16-9-15(18)6-3/h8,11,14-16H,4-7,9-10,12H2,1-3H3. The monoisotopic (exact) mass is 264 g/mol. The van der Waals surface area contributed by atoms with Crippen LogP contribution in [0.5, 0.6) is 0 Å². The van der Waals surface area contributed by atoms with Crippen LogP contribution in [-0.2, 0) is 13.1 Å². The Kier molecular flexibility index (Phi) is 5.40. The predicted molar refractivity (Wildman–Crippen MR) is 79.1 cm³/mol. The highest BCUT2D eigenvalue weighted by atomic mass is 15.3. The SMILES string of the molecule is CCCn1cc(CN2CC(CC)NCC2CC)cn1. The highest BCUT2D eigenvalue weighted by molar-refractivity contribution is 5.05. The van der Waals surface area contributed by atoms with E-state index in [2.05, 4.69) is 47.0 Å². The topological polar surface area (TPSA) is 33.1 Å². The van der Waals surface area contributed by atoms with E-state index >= 15 is 0 Å². The molecule has 1 aromatic rings. The first-order valence-corrected chi connectivity index (χ1v) is 7.75. The fourth-order valence-corrected chi connectivity index (χ4v) is 2.87. The Labute approximate surface area is 117 Å². The van der Waals surface area contributed by atoms with Gasteiger partial charge in [0, 0.05) is 50.0 Å². The van der Waals surface area contributed by atoms with Crippen LogP contribution in [-0.4, -0.2) is 39.9 Å². The van der Waals surface area contributed by atoms with Crippen LogP contribution in [0.25, 0.3) is 0 Å². The molecule has 108 valence electrons. The fraction of sp³-hybridized carbons (Fsp3) is 0.800. The largest absolute Gasteiger partial charge is 0.311 e. The van der Waals surface area contributed by atoms with Crippen molar-refractivity contribution < 1.29 is 0 Å². The quantitative estimate of drug-likeness (QED) is 0.855. The molecule has 0 aromatic carbocycles. The Morgan fingerprint density at radius 2 is 2.16 bits per heavy atom. The lowest BCUT2D eigenvalue weighted by Crippen LogP contribution is -2.55. The van der Waals surface area contributed by atoms with E-state index in [1.165, 1.54) is 18.4 Å². The third-order valence-electron chi connectivity index (χ3n) is 4.10. The molecule has 1 saturated heterocycles. The van der Waals surface area contributed by atoms with Gasteiger partial charge in [-0.1, -0.05) is 20.8 Å². The first kappa shape index (κ1) is 14.5. The number of aromatic nitrogens is 2. The average Bonchev–Trinajstić information content (AvgIpc) is 2.86. The Bertz CT molecular complexity index is 374. The molecule has 19 heavy (non-hydrogen) atoms. The minimum Gasteiger partial charge on any atom is -0.311 e. The van der Waals surface area contributed by atoms with Crippen LogP contribution < -0.4 is 5.32 Å². The number of hydrogen-bond acceptors (Lipinski definition) is 3. The molecule has 2 unspecified atom stereocenters. The lowest BCUT2D eigenvalue weighted by molar-refractivity contribution is 0.117. The van der Waals surface area contributed by atoms with Crippen molar-refractivity contribution in [2.75, 3.05) is 13.1 Å². The lowest BCUT2D eigenvalue weighted by atomic mass is 10.0. The molecule has 0 spiro atoms. The van der Waals surface area contributed by atoms with Gasteiger partial charge in [0.25, 0.3) is 0 Å². The summed E-state index contributed by atoms with van der Waals surface area (Å²) in [6.45, 7) is 11.1. The minimum absolute atomic E-state index is 0.647. The molecule has 2 rings (SSSR count). The summed E-state index contributed by atoms with van der Waals surface area (Å²) in [6, 6.07) is 1.31. The predicted octanol–water partition coefficient (Wildman–Crippen LogP) is 2.26. The maximum absolute atomic E-state index is 4.44. The molecule has 0 amide bonds. The van der Waals surface area contributed by atoms with E-state index in [9.17, 15) is 0 Å². The zero-order chi connectivity index (χ0) is 13.7. The van der Waals surface area contributed by atoms with Gasteiger partial charge in [-0.25, -0.2) is 0 Å². The maximum atomic E-state index is 4.44. The van der Waals surface area contributed by atoms with Crippen LogP contribution in [0.3, 0.4) is 0 Å². The first-order valence-electron chi connectivity index (χ1n) is 7.75. The summed E-state index contributed by atoms with van der Waals surface area (Å²) in [7, 11) is 0. The van der Waals surface area contributed by atoms with E-state index in [1.807, 2.05) is 6.20 Å². The van der Waals surface area contributed by atoms with Gasteiger partial charge in [0.2, 0.25) is 0 Å². The zero-order valence-electron chi connectivity index (χ0n) is 12.6. The van der Waals surface area contributed by atoms with Gasteiger partial charge < -0.3 is 5.32 Å². The number of piperazine rings is 1. The number of nitrogens with zero attached hydrogens (tertiary/aromatic N) is 3. The molecule has 2 heterocycles. The van der Waals surface area contributed by atoms with E-state index in [4.69, 9.17) is 0 Å². The molecule has 1 fully saturated rings. The molecule has 0 bridgehead atoms. The lowest BCUT2D eigenvalue weighted by Gasteiger charge is -2.39. The Balaban J connectivity index is 1.97. The fourth-order valence-electron chi connectivity index (χ4n) is 2.87. The molecule has 1 N–H and O–H groups in total. The smallest absolute Gasteiger partial charge is 0.0534 e. The van der Waals surface area contributed by atoms with Crippen LogP contribution in [0.1, 0.15) is 45.6 Å². The van der Waals surface area contributed by atoms with E-state index in [-0.39, 0.29) is 0 Å². The highest BCUT2D eigenvalue weighted by Crippen LogP contribution is 2.15. The van der Waals surface area contributed by atoms with Crippen molar-refractivity contribution >= 4 is 0 Å². The van der Waals surface area contributed by atoms with Gasteiger partial charge in [0.1, 0.15) is 0 Å². The molecule has 1 aliphatic rings. The third-order valence-corrected chi connectivity index (χ3v) is 4.10. The Morgan fingerprint density at radius 3 is 2.84 bits per heavy atom. The van der Waals surface area contributed by atoms with Gasteiger partial charge in [-0.2, -0.15) is 5.10 Å². The van der Waals surface area contributed by atoms with Crippen molar-refractivity contribution in [2.45, 2.75) is 65.2 Å². The molecule has 0 aliphatic carbocycles. The summed E-state index contributed by atoms with van der Waals surface area (Å²) in [6.07, 6.45) is 7.81. The summed E-state index contributed by atoms with van der Waals surface area (Å²) in [4.78, 5) is 2.62. The molecule has 4 nitrogen and oxygen atoms in total. The second-order valence-electron chi connectivity index (χ2n) is 5.62. The van der Waals surface area contributed by atoms with Crippen molar-refractivity contribution in [2.24, 2.45) is 0 Å². The van der Waals surface area contributed by atoms with Gasteiger partial charge in [-0.15, -0.1) is 0 Å². The van der Waals surface area contributed by atoms with Gasteiger partial charge in [0.15, 0.2) is 0 Å². The zero-order valence-corrected chi connectivity index (χ0v) is 12.6. The summed E-state index contributed by atoms with van der Waals surface area (Å²) >= 11 is 0. The summed E-state index contributed by atoms with van der Waals surface area (Å²) in [5.41, 5.74) is 1.35. The first-order chi connectivity index (χ1) is 9.26. The van der Waals surface area contributed by atoms with Crippen LogP contribution in [0.15, 0.2) is 12.4 Å². The van der Waals surface area contributed by atoms with Crippen molar-refractivity contribution in [3.63, 3.8) is 0 Å². The second-order valence-corrected chi connectivity index (χ2v) is 5.62. The van der Waals surface area contributed by atoms with E-state index in [1.54, 1.807) is 0 Å². The molecule has 4 heteroatoms. The molecular weight excluding hydrogens is 236 g/mol. The van der Waals surface area contributed by atoms with Gasteiger partial charge >= 0.3 is 0 Å². The van der Waals surface area contributed by atoms with Crippen molar-refractivity contribution in [3.8, 4) is 0 Å². The molecule has 0 radical (unpaired) electrons. The van der Waals surface area contributed by atoms with Gasteiger partial charge in [0.05, 0.1) is 6.20 Å². The van der Waals surface area contributed by atoms with Crippen LogP contribution >= 0.6 is 0 Å². The minimum atomic E-state index is 0.647. The van der Waals surface area contributed by atoms with Crippen LogP contribution in [0.4, 0.5) is 0 Å². The molecule has 2 atom stereocenters. The summed E-state index contributed by atoms with van der Waals surface area (Å²) in [5, 5.41) is 8.08. The van der Waals surface area contributed by atoms with E-state index < -0.39 is 0 Å². The summed E-state index contributed by atoms with van der Waals surface area (Å²) in [5.74, 6) is 0. The maximum Gasteiger partial charge on any atom is 0.0534 e. The Hall–Kier alpha value is -0.870. The number of aryl methyl sites for hydroxylation is 1. The number of nitrogens with one attached hydrogen (secondary N) is 1. The molecule has 1 aliphatic heterocycles. The second kappa shape index (κ2) is 7.06. The van der Waals surface area contributed by atoms with Crippen LogP contribution in [0.2, 0.25) is 0 Å².